The van der Waals surface area contributed by atoms with Gasteiger partial charge in [-0.25, -0.2) is 0 Å². The van der Waals surface area contributed by atoms with Crippen LogP contribution in [-0.2, 0) is 10.2 Å². The number of fused-ring (bicyclic) bond motifs is 1. The van der Waals surface area contributed by atoms with Gasteiger partial charge < -0.3 is 5.73 Å². The van der Waals surface area contributed by atoms with Crippen LogP contribution in [0.5, 0.6) is 0 Å². The van der Waals surface area contributed by atoms with Crippen molar-refractivity contribution in [2.45, 2.75) is 0 Å². The molecule has 0 radical (unpaired) electrons. The van der Waals surface area contributed by atoms with E-state index in [0.717, 1.165) is 4.47 Å². The van der Waals surface area contributed by atoms with Gasteiger partial charge in [-0.2, -0.15) is 8.42 Å². The van der Waals surface area contributed by atoms with E-state index >= 15 is 0 Å². The minimum atomic E-state index is -3.66. The zero-order chi connectivity index (χ0) is 10.3. The highest BCUT2D eigenvalue weighted by atomic mass is 79.9. The molecule has 0 saturated carbocycles. The standard InChI is InChI=1S/C7H6BrN3O2S/c8-4-1-2-6-5(3-4)7(9)11-14(12,13)10-6/h1-3,10H,(H2,9,11). The number of amidine groups is 1. The van der Waals surface area contributed by atoms with Gasteiger partial charge in [-0.3, -0.25) is 4.72 Å². The average Bonchev–Trinajstić information content (AvgIpc) is 2.05. The molecule has 74 valence electrons. The van der Waals surface area contributed by atoms with Crippen LogP contribution in [0.15, 0.2) is 27.1 Å². The second-order valence-electron chi connectivity index (χ2n) is 2.74. The fourth-order valence-corrected chi connectivity index (χ4v) is 2.38. The second kappa shape index (κ2) is 2.96. The summed E-state index contributed by atoms with van der Waals surface area (Å²) in [5.41, 5.74) is 6.52. The van der Waals surface area contributed by atoms with Crippen LogP contribution >= 0.6 is 15.9 Å². The molecule has 1 aromatic rings. The molecule has 1 aliphatic heterocycles. The first-order valence-electron chi connectivity index (χ1n) is 3.66. The third kappa shape index (κ3) is 1.60. The lowest BCUT2D eigenvalue weighted by Gasteiger charge is -2.15. The third-order valence-electron chi connectivity index (χ3n) is 1.72. The molecule has 0 atom stereocenters. The first-order valence-corrected chi connectivity index (χ1v) is 5.89. The third-order valence-corrected chi connectivity index (χ3v) is 3.12. The summed E-state index contributed by atoms with van der Waals surface area (Å²) in [5.74, 6) is 0.0000463. The molecule has 3 N–H and O–H groups in total. The van der Waals surface area contributed by atoms with E-state index < -0.39 is 10.2 Å². The monoisotopic (exact) mass is 275 g/mol. The van der Waals surface area contributed by atoms with E-state index in [1.165, 1.54) is 0 Å². The van der Waals surface area contributed by atoms with Crippen LogP contribution in [0.25, 0.3) is 0 Å². The molecular weight excluding hydrogens is 270 g/mol. The number of hydrogen-bond donors (Lipinski definition) is 2. The molecule has 0 fully saturated rings. The van der Waals surface area contributed by atoms with Crippen LogP contribution in [0.1, 0.15) is 5.56 Å². The van der Waals surface area contributed by atoms with Crippen LogP contribution in [-0.4, -0.2) is 14.3 Å². The summed E-state index contributed by atoms with van der Waals surface area (Å²) < 4.78 is 28.7. The SMILES string of the molecule is NC1=NS(=O)(=O)Nc2ccc(Br)cc21. The van der Waals surface area contributed by atoms with Gasteiger partial charge in [0.2, 0.25) is 0 Å². The topological polar surface area (TPSA) is 84.5 Å². The van der Waals surface area contributed by atoms with Gasteiger partial charge >= 0.3 is 10.2 Å². The van der Waals surface area contributed by atoms with Gasteiger partial charge in [0.1, 0.15) is 5.84 Å². The minimum absolute atomic E-state index is 0.0000463. The van der Waals surface area contributed by atoms with E-state index in [1.807, 2.05) is 0 Å². The molecule has 14 heavy (non-hydrogen) atoms. The molecule has 1 heterocycles. The van der Waals surface area contributed by atoms with Crippen molar-refractivity contribution in [3.63, 3.8) is 0 Å². The number of nitrogens with two attached hydrogens (primary N) is 1. The predicted octanol–water partition coefficient (Wildman–Crippen LogP) is 0.825. The molecular formula is C7H6BrN3O2S. The van der Waals surface area contributed by atoms with Crippen LogP contribution in [0, 0.1) is 0 Å². The maximum absolute atomic E-state index is 11.1. The van der Waals surface area contributed by atoms with E-state index in [0.29, 0.717) is 11.3 Å². The lowest BCUT2D eigenvalue weighted by Crippen LogP contribution is -2.26. The molecule has 0 unspecified atom stereocenters. The summed E-state index contributed by atoms with van der Waals surface area (Å²) in [6, 6.07) is 5.05. The average molecular weight is 276 g/mol. The Balaban J connectivity index is 2.68. The Morgan fingerprint density at radius 2 is 2.14 bits per heavy atom. The molecule has 1 aliphatic rings. The normalized spacial score (nSPS) is 17.9. The minimum Gasteiger partial charge on any atom is -0.382 e. The molecule has 1 aromatic carbocycles. The summed E-state index contributed by atoms with van der Waals surface area (Å²) in [7, 11) is -3.66. The Morgan fingerprint density at radius 3 is 2.86 bits per heavy atom. The lowest BCUT2D eigenvalue weighted by atomic mass is 10.2. The van der Waals surface area contributed by atoms with Crippen molar-refractivity contribution < 1.29 is 8.42 Å². The Hall–Kier alpha value is -1.08. The zero-order valence-electron chi connectivity index (χ0n) is 6.86. The maximum Gasteiger partial charge on any atom is 0.344 e. The van der Waals surface area contributed by atoms with Gasteiger partial charge in [0, 0.05) is 10.0 Å². The van der Waals surface area contributed by atoms with E-state index in [2.05, 4.69) is 25.0 Å². The Kier molecular flexibility index (Phi) is 2.00. The highest BCUT2D eigenvalue weighted by molar-refractivity contribution is 9.10. The molecule has 0 aliphatic carbocycles. The largest absolute Gasteiger partial charge is 0.382 e. The second-order valence-corrected chi connectivity index (χ2v) is 5.00. The van der Waals surface area contributed by atoms with Gasteiger partial charge in [0.15, 0.2) is 0 Å². The molecule has 2 rings (SSSR count). The smallest absolute Gasteiger partial charge is 0.344 e. The number of nitrogens with zero attached hydrogens (tertiary/aromatic N) is 1. The van der Waals surface area contributed by atoms with Crippen molar-refractivity contribution in [3.8, 4) is 0 Å². The Bertz CT molecular complexity index is 524. The summed E-state index contributed by atoms with van der Waals surface area (Å²) in [5, 5.41) is 0. The molecule has 0 amide bonds. The summed E-state index contributed by atoms with van der Waals surface area (Å²) in [6.07, 6.45) is 0. The van der Waals surface area contributed by atoms with Crippen molar-refractivity contribution in [1.29, 1.82) is 0 Å². The zero-order valence-corrected chi connectivity index (χ0v) is 9.26. The fraction of sp³-hybridized carbons (Fsp3) is 0. The molecule has 0 bridgehead atoms. The fourth-order valence-electron chi connectivity index (χ4n) is 1.16. The number of nitrogens with one attached hydrogen (secondary N) is 1. The maximum atomic E-state index is 11.1. The van der Waals surface area contributed by atoms with Crippen molar-refractivity contribution in [1.82, 2.24) is 0 Å². The summed E-state index contributed by atoms with van der Waals surface area (Å²) in [4.78, 5) is 0. The van der Waals surface area contributed by atoms with Crippen LogP contribution in [0.3, 0.4) is 0 Å². The van der Waals surface area contributed by atoms with Crippen molar-refractivity contribution in [2.75, 3.05) is 4.72 Å². The van der Waals surface area contributed by atoms with E-state index in [9.17, 15) is 8.42 Å². The quantitative estimate of drug-likeness (QED) is 0.735. The molecule has 5 nitrogen and oxygen atoms in total. The number of halogens is 1. The molecule has 0 aromatic heterocycles. The van der Waals surface area contributed by atoms with Gasteiger partial charge in [0.25, 0.3) is 0 Å². The van der Waals surface area contributed by atoms with Crippen molar-refractivity contribution in [3.05, 3.63) is 28.2 Å². The number of anilines is 1. The van der Waals surface area contributed by atoms with Crippen LogP contribution in [0.4, 0.5) is 5.69 Å². The summed E-state index contributed by atoms with van der Waals surface area (Å²) >= 11 is 3.26. The van der Waals surface area contributed by atoms with Crippen LogP contribution in [0.2, 0.25) is 0 Å². The first kappa shape index (κ1) is 9.47. The first-order chi connectivity index (χ1) is 6.48. The van der Waals surface area contributed by atoms with E-state index in [1.54, 1.807) is 18.2 Å². The van der Waals surface area contributed by atoms with Gasteiger partial charge in [-0.15, -0.1) is 4.40 Å². The van der Waals surface area contributed by atoms with Gasteiger partial charge in [0.05, 0.1) is 5.69 Å². The number of benzene rings is 1. The highest BCUT2D eigenvalue weighted by Crippen LogP contribution is 2.25. The van der Waals surface area contributed by atoms with Gasteiger partial charge in [-0.1, -0.05) is 15.9 Å². The van der Waals surface area contributed by atoms with Crippen molar-refractivity contribution in [2.24, 2.45) is 10.1 Å². The molecule has 7 heteroatoms. The van der Waals surface area contributed by atoms with E-state index in [-0.39, 0.29) is 5.84 Å². The molecule has 0 saturated heterocycles. The summed E-state index contributed by atoms with van der Waals surface area (Å²) in [6.45, 7) is 0. The lowest BCUT2D eigenvalue weighted by molar-refractivity contribution is 0.602. The Labute approximate surface area is 89.3 Å². The highest BCUT2D eigenvalue weighted by Gasteiger charge is 2.20. The number of rotatable bonds is 0. The Morgan fingerprint density at radius 1 is 1.43 bits per heavy atom. The number of hydrogen-bond acceptors (Lipinski definition) is 3. The van der Waals surface area contributed by atoms with Crippen molar-refractivity contribution >= 4 is 37.7 Å². The van der Waals surface area contributed by atoms with Gasteiger partial charge in [-0.05, 0) is 18.2 Å². The predicted molar refractivity (Wildman–Crippen MR) is 57.4 cm³/mol. The van der Waals surface area contributed by atoms with E-state index in [4.69, 9.17) is 5.73 Å². The van der Waals surface area contributed by atoms with Crippen LogP contribution < -0.4 is 10.5 Å². The molecule has 0 spiro atoms.